The van der Waals surface area contributed by atoms with Gasteiger partial charge in [-0.25, -0.2) is 4.79 Å². The number of hydrogen-bond acceptors (Lipinski definition) is 5. The predicted molar refractivity (Wildman–Crippen MR) is 134 cm³/mol. The first-order valence-electron chi connectivity index (χ1n) is 12.3. The molecular formula is C27H41N3O3. The van der Waals surface area contributed by atoms with Gasteiger partial charge >= 0.3 is 6.09 Å². The number of carbonyl (C=O) groups is 1. The molecule has 0 spiro atoms. The highest BCUT2D eigenvalue weighted by molar-refractivity contribution is 5.85. The van der Waals surface area contributed by atoms with Gasteiger partial charge in [0.1, 0.15) is 5.60 Å². The fourth-order valence-electron chi connectivity index (χ4n) is 4.16. The Kier molecular flexibility index (Phi) is 8.57. The normalized spacial score (nSPS) is 17.3. The highest BCUT2D eigenvalue weighted by Gasteiger charge is 2.27. The van der Waals surface area contributed by atoms with Crippen LogP contribution in [0.2, 0.25) is 0 Å². The molecule has 0 radical (unpaired) electrons. The molecule has 0 bridgehead atoms. The number of amides is 1. The Morgan fingerprint density at radius 2 is 1.88 bits per heavy atom. The maximum absolute atomic E-state index is 12.2. The molecule has 6 nitrogen and oxygen atoms in total. The summed E-state index contributed by atoms with van der Waals surface area (Å²) in [5, 5.41) is 8.28. The number of ether oxygens (including phenoxy) is 1. The molecule has 2 heterocycles. The lowest BCUT2D eigenvalue weighted by atomic mass is 9.91. The number of aryl methyl sites for hydroxylation is 2. The van der Waals surface area contributed by atoms with Crippen LogP contribution in [0.1, 0.15) is 69.7 Å². The van der Waals surface area contributed by atoms with E-state index < -0.39 is 5.60 Å². The number of nitrogens with zero attached hydrogens (tertiary/aromatic N) is 2. The van der Waals surface area contributed by atoms with Crippen LogP contribution in [-0.2, 0) is 11.2 Å². The van der Waals surface area contributed by atoms with Crippen molar-refractivity contribution < 1.29 is 14.1 Å². The van der Waals surface area contributed by atoms with Gasteiger partial charge in [-0.2, -0.15) is 0 Å². The molecule has 2 fully saturated rings. The molecule has 2 aromatic rings. The summed E-state index contributed by atoms with van der Waals surface area (Å²) < 4.78 is 11.2. The van der Waals surface area contributed by atoms with Crippen LogP contribution in [0.25, 0.3) is 17.0 Å². The summed E-state index contributed by atoms with van der Waals surface area (Å²) in [6.07, 6.45) is 11.0. The van der Waals surface area contributed by atoms with E-state index in [1.807, 2.05) is 39.8 Å². The number of piperidine rings is 1. The molecule has 1 aliphatic carbocycles. The van der Waals surface area contributed by atoms with E-state index in [0.717, 1.165) is 61.4 Å². The Bertz CT molecular complexity index is 945. The Hall–Kier alpha value is -2.34. The molecule has 6 heteroatoms. The summed E-state index contributed by atoms with van der Waals surface area (Å²) in [4.78, 5) is 14.1. The van der Waals surface area contributed by atoms with E-state index in [-0.39, 0.29) is 6.09 Å². The molecule has 1 aliphatic heterocycles. The van der Waals surface area contributed by atoms with Crippen molar-refractivity contribution in [3.05, 3.63) is 35.0 Å². The van der Waals surface area contributed by atoms with Gasteiger partial charge in [0.05, 0.1) is 5.69 Å². The number of carbonyl (C=O) groups excluding carboxylic acids is 1. The van der Waals surface area contributed by atoms with Crippen LogP contribution in [0.4, 0.5) is 4.79 Å². The van der Waals surface area contributed by atoms with E-state index in [2.05, 4.69) is 41.7 Å². The van der Waals surface area contributed by atoms with Gasteiger partial charge in [-0.3, -0.25) is 0 Å². The van der Waals surface area contributed by atoms with Gasteiger partial charge in [0.15, 0.2) is 5.58 Å². The number of aromatic nitrogens is 1. The molecule has 1 N–H and O–H groups in total. The maximum Gasteiger partial charge on any atom is 0.410 e. The fourth-order valence-corrected chi connectivity index (χ4v) is 4.16. The van der Waals surface area contributed by atoms with E-state index in [0.29, 0.717) is 5.92 Å². The number of benzene rings is 1. The minimum absolute atomic E-state index is 0.189. The quantitative estimate of drug-likeness (QED) is 0.601. The number of rotatable bonds is 5. The topological polar surface area (TPSA) is 67.6 Å². The van der Waals surface area contributed by atoms with Crippen molar-refractivity contribution in [1.82, 2.24) is 15.4 Å². The van der Waals surface area contributed by atoms with Crippen LogP contribution >= 0.6 is 0 Å². The number of nitrogens with one attached hydrogen (secondary N) is 1. The summed E-state index contributed by atoms with van der Waals surface area (Å²) in [5.41, 5.74) is 3.94. The summed E-state index contributed by atoms with van der Waals surface area (Å²) in [6, 6.07) is 4.35. The highest BCUT2D eigenvalue weighted by atomic mass is 16.6. The van der Waals surface area contributed by atoms with Crippen molar-refractivity contribution >= 4 is 23.1 Å². The SMILES string of the molecule is CNC.Cc1c(C=CC2CC2)ccc2c(CCC3CCN(C(=O)OC(C)(C)C)CC3)noc12. The first-order chi connectivity index (χ1) is 15.7. The third kappa shape index (κ3) is 7.32. The van der Waals surface area contributed by atoms with Gasteiger partial charge in [-0.05, 0) is 104 Å². The molecule has 33 heavy (non-hydrogen) atoms. The van der Waals surface area contributed by atoms with Gasteiger partial charge in [-0.15, -0.1) is 0 Å². The molecular weight excluding hydrogens is 414 g/mol. The van der Waals surface area contributed by atoms with E-state index >= 15 is 0 Å². The Morgan fingerprint density at radius 1 is 1.21 bits per heavy atom. The standard InChI is InChI=1S/C25H34N2O3.C2H7N/c1-17-20(9-7-18-5-6-18)10-11-21-22(26-30-23(17)21)12-8-19-13-15-27(16-14-19)24(28)29-25(2,3)4;1-3-2/h7,9-11,18-19H,5-6,8,12-16H2,1-4H3;3H,1-2H3. The van der Waals surface area contributed by atoms with Crippen LogP contribution < -0.4 is 5.32 Å². The van der Waals surface area contributed by atoms with Crippen LogP contribution in [-0.4, -0.2) is 48.9 Å². The number of allylic oxidation sites excluding steroid dienone is 1. The molecule has 1 saturated heterocycles. The third-order valence-corrected chi connectivity index (χ3v) is 6.23. The smallest absolute Gasteiger partial charge is 0.410 e. The monoisotopic (exact) mass is 455 g/mol. The van der Waals surface area contributed by atoms with Crippen LogP contribution in [0.3, 0.4) is 0 Å². The number of likely N-dealkylation sites (tertiary alicyclic amines) is 1. The molecule has 0 atom stereocenters. The Balaban J connectivity index is 0.000000968. The second-order valence-corrected chi connectivity index (χ2v) is 10.4. The molecule has 4 rings (SSSR count). The van der Waals surface area contributed by atoms with E-state index in [9.17, 15) is 4.79 Å². The molecule has 182 valence electrons. The van der Waals surface area contributed by atoms with Crippen molar-refractivity contribution in [2.24, 2.45) is 11.8 Å². The Labute approximate surface area is 198 Å². The maximum atomic E-state index is 12.2. The first kappa shape index (κ1) is 25.3. The second kappa shape index (κ2) is 11.2. The van der Waals surface area contributed by atoms with Crippen LogP contribution in [0.15, 0.2) is 22.7 Å². The zero-order valence-corrected chi connectivity index (χ0v) is 21.2. The Morgan fingerprint density at radius 3 is 2.48 bits per heavy atom. The lowest BCUT2D eigenvalue weighted by Gasteiger charge is -2.33. The van der Waals surface area contributed by atoms with Crippen molar-refractivity contribution in [2.75, 3.05) is 27.2 Å². The van der Waals surface area contributed by atoms with E-state index in [1.165, 1.54) is 24.0 Å². The third-order valence-electron chi connectivity index (χ3n) is 6.23. The summed E-state index contributed by atoms with van der Waals surface area (Å²) in [6.45, 7) is 9.40. The van der Waals surface area contributed by atoms with Crippen molar-refractivity contribution in [2.45, 2.75) is 71.8 Å². The highest BCUT2D eigenvalue weighted by Crippen LogP contribution is 2.33. The summed E-state index contributed by atoms with van der Waals surface area (Å²) in [5.74, 6) is 1.38. The minimum Gasteiger partial charge on any atom is -0.444 e. The molecule has 1 aromatic carbocycles. The molecule has 2 aliphatic rings. The molecule has 0 unspecified atom stereocenters. The van der Waals surface area contributed by atoms with Gasteiger partial charge in [0.25, 0.3) is 0 Å². The van der Waals surface area contributed by atoms with Crippen molar-refractivity contribution in [3.63, 3.8) is 0 Å². The van der Waals surface area contributed by atoms with E-state index in [4.69, 9.17) is 9.26 Å². The van der Waals surface area contributed by atoms with Crippen LogP contribution in [0.5, 0.6) is 0 Å². The first-order valence-corrected chi connectivity index (χ1v) is 12.3. The van der Waals surface area contributed by atoms with Gasteiger partial charge in [-0.1, -0.05) is 23.4 Å². The molecule has 1 saturated carbocycles. The zero-order valence-electron chi connectivity index (χ0n) is 21.2. The zero-order chi connectivity index (χ0) is 24.0. The largest absolute Gasteiger partial charge is 0.444 e. The molecule has 1 aromatic heterocycles. The second-order valence-electron chi connectivity index (χ2n) is 10.4. The average Bonchev–Trinajstić information content (AvgIpc) is 3.49. The number of hydrogen-bond donors (Lipinski definition) is 1. The molecule has 1 amide bonds. The van der Waals surface area contributed by atoms with E-state index in [1.54, 1.807) is 0 Å². The predicted octanol–water partition coefficient (Wildman–Crippen LogP) is 5.97. The average molecular weight is 456 g/mol. The minimum atomic E-state index is -0.437. The fraction of sp³-hybridized carbons (Fsp3) is 0.630. The number of fused-ring (bicyclic) bond motifs is 1. The summed E-state index contributed by atoms with van der Waals surface area (Å²) >= 11 is 0. The van der Waals surface area contributed by atoms with Gasteiger partial charge in [0, 0.05) is 24.0 Å². The summed E-state index contributed by atoms with van der Waals surface area (Å²) in [7, 11) is 3.75. The lowest BCUT2D eigenvalue weighted by Crippen LogP contribution is -2.41. The van der Waals surface area contributed by atoms with Crippen LogP contribution in [0, 0.1) is 18.8 Å². The lowest BCUT2D eigenvalue weighted by molar-refractivity contribution is 0.0181. The van der Waals surface area contributed by atoms with Gasteiger partial charge < -0.3 is 19.5 Å². The van der Waals surface area contributed by atoms with Gasteiger partial charge in [0.2, 0.25) is 0 Å². The van der Waals surface area contributed by atoms with Crippen molar-refractivity contribution in [1.29, 1.82) is 0 Å². The van der Waals surface area contributed by atoms with Crippen molar-refractivity contribution in [3.8, 4) is 0 Å².